The summed E-state index contributed by atoms with van der Waals surface area (Å²) in [5, 5.41) is 11.0. The van der Waals surface area contributed by atoms with Gasteiger partial charge in [0.25, 0.3) is 0 Å². The fraction of sp³-hybridized carbons (Fsp3) is 0.0938. The number of allylic oxidation sites excluding steroid dienone is 1. The molecule has 0 unspecified atom stereocenters. The Morgan fingerprint density at radius 1 is 0.907 bits per heavy atom. The molecule has 2 N–H and O–H groups in total. The van der Waals surface area contributed by atoms with Crippen molar-refractivity contribution in [2.75, 3.05) is 10.2 Å². The number of fused-ring (bicyclic) bond motifs is 2. The maximum atomic E-state index is 12.6. The predicted octanol–water partition coefficient (Wildman–Crippen LogP) is 7.21. The molecule has 0 aliphatic carbocycles. The molecule has 0 aliphatic heterocycles. The van der Waals surface area contributed by atoms with Gasteiger partial charge in [0, 0.05) is 28.6 Å². The molecule has 1 amide bonds. The van der Waals surface area contributed by atoms with Crippen LogP contribution in [0.3, 0.4) is 0 Å². The summed E-state index contributed by atoms with van der Waals surface area (Å²) in [6.45, 7) is 0. The number of para-hydroxylation sites is 1. The second-order valence-electron chi connectivity index (χ2n) is 9.74. The van der Waals surface area contributed by atoms with Crippen LogP contribution in [-0.2, 0) is 17.6 Å². The number of anilines is 4. The Balaban J connectivity index is 1.46. The highest BCUT2D eigenvalue weighted by Gasteiger charge is 2.23. The van der Waals surface area contributed by atoms with E-state index in [1.54, 1.807) is 12.3 Å². The van der Waals surface area contributed by atoms with Crippen LogP contribution in [0.1, 0.15) is 11.1 Å². The summed E-state index contributed by atoms with van der Waals surface area (Å²) >= 11 is 0. The van der Waals surface area contributed by atoms with Gasteiger partial charge in [-0.1, -0.05) is 48.5 Å². The van der Waals surface area contributed by atoms with E-state index in [2.05, 4.69) is 48.7 Å². The zero-order chi connectivity index (χ0) is 29.8. The molecule has 0 aliphatic rings. The average molecular weight is 580 g/mol. The fourth-order valence-corrected chi connectivity index (χ4v) is 4.84. The van der Waals surface area contributed by atoms with Crippen LogP contribution in [0.25, 0.3) is 21.8 Å². The number of nitrogens with zero attached hydrogens (tertiary/aromatic N) is 5. The minimum atomic E-state index is -4.61. The number of hydrogen-bond donors (Lipinski definition) is 2. The van der Waals surface area contributed by atoms with Gasteiger partial charge in [-0.05, 0) is 54.3 Å². The Morgan fingerprint density at radius 3 is 2.56 bits per heavy atom. The van der Waals surface area contributed by atoms with E-state index in [4.69, 9.17) is 0 Å². The third-order valence-corrected chi connectivity index (χ3v) is 6.83. The number of hydrogen-bond acceptors (Lipinski definition) is 6. The van der Waals surface area contributed by atoms with Crippen LogP contribution in [0.15, 0.2) is 110 Å². The van der Waals surface area contributed by atoms with Gasteiger partial charge in [-0.25, -0.2) is 15.0 Å². The monoisotopic (exact) mass is 579 g/mol. The molecule has 43 heavy (non-hydrogen) atoms. The smallest absolute Gasteiger partial charge is 0.307 e. The number of aromatic amines is 1. The van der Waals surface area contributed by atoms with Crippen molar-refractivity contribution in [2.24, 2.45) is 0 Å². The van der Waals surface area contributed by atoms with Crippen LogP contribution < -0.4 is 10.2 Å². The molecule has 8 nitrogen and oxygen atoms in total. The van der Waals surface area contributed by atoms with E-state index in [1.165, 1.54) is 18.1 Å². The van der Waals surface area contributed by atoms with Crippen molar-refractivity contribution >= 4 is 50.7 Å². The van der Waals surface area contributed by atoms with Gasteiger partial charge >= 0.3 is 6.18 Å². The first-order valence-corrected chi connectivity index (χ1v) is 13.4. The van der Waals surface area contributed by atoms with Crippen molar-refractivity contribution in [2.45, 2.75) is 19.0 Å². The lowest BCUT2D eigenvalue weighted by molar-refractivity contribution is -0.112. The van der Waals surface area contributed by atoms with Crippen molar-refractivity contribution in [1.82, 2.24) is 25.1 Å². The maximum absolute atomic E-state index is 12.6. The van der Waals surface area contributed by atoms with Crippen LogP contribution in [0.2, 0.25) is 0 Å². The molecule has 0 saturated heterocycles. The molecular weight excluding hydrogens is 555 g/mol. The highest BCUT2D eigenvalue weighted by atomic mass is 19.4. The number of carbonyl (C=O) groups is 1. The van der Waals surface area contributed by atoms with E-state index in [0.29, 0.717) is 22.8 Å². The molecule has 0 spiro atoms. The Bertz CT molecular complexity index is 1940. The summed E-state index contributed by atoms with van der Waals surface area (Å²) in [7, 11) is 0. The summed E-state index contributed by atoms with van der Waals surface area (Å²) in [5.41, 5.74) is 5.33. The van der Waals surface area contributed by atoms with Crippen LogP contribution in [0, 0.1) is 0 Å². The van der Waals surface area contributed by atoms with Gasteiger partial charge in [0.15, 0.2) is 0 Å². The first-order chi connectivity index (χ1) is 20.8. The molecule has 0 radical (unpaired) electrons. The van der Waals surface area contributed by atoms with Crippen molar-refractivity contribution in [3.05, 3.63) is 121 Å². The number of amides is 1. The van der Waals surface area contributed by atoms with Crippen LogP contribution >= 0.6 is 0 Å². The highest BCUT2D eigenvalue weighted by molar-refractivity contribution is 6.02. The van der Waals surface area contributed by atoms with E-state index in [0.717, 1.165) is 40.7 Å². The number of H-pyrrole nitrogens is 1. The minimum absolute atomic E-state index is 0.0583. The molecule has 3 aromatic heterocycles. The fourth-order valence-electron chi connectivity index (χ4n) is 4.84. The largest absolute Gasteiger partial charge is 0.409 e. The van der Waals surface area contributed by atoms with Crippen molar-refractivity contribution in [3.8, 4) is 0 Å². The summed E-state index contributed by atoms with van der Waals surface area (Å²) in [5.74, 6) is -0.400. The first kappa shape index (κ1) is 27.6. The number of rotatable bonds is 8. The number of alkyl halides is 3. The van der Waals surface area contributed by atoms with E-state index >= 15 is 0 Å². The number of pyridine rings is 1. The summed E-state index contributed by atoms with van der Waals surface area (Å²) in [4.78, 5) is 27.4. The molecule has 6 rings (SSSR count). The molecule has 214 valence electrons. The van der Waals surface area contributed by atoms with Crippen LogP contribution in [-0.4, -0.2) is 37.2 Å². The van der Waals surface area contributed by atoms with Crippen molar-refractivity contribution in [1.29, 1.82) is 0 Å². The third kappa shape index (κ3) is 6.35. The number of carbonyl (C=O) groups excluding carboxylic acids is 1. The van der Waals surface area contributed by atoms with E-state index in [-0.39, 0.29) is 11.9 Å². The molecule has 0 bridgehead atoms. The molecule has 11 heteroatoms. The number of benzene rings is 3. The van der Waals surface area contributed by atoms with Gasteiger partial charge < -0.3 is 5.32 Å². The molecule has 0 saturated carbocycles. The van der Waals surface area contributed by atoms with Crippen molar-refractivity contribution in [3.63, 3.8) is 0 Å². The average Bonchev–Trinajstić information content (AvgIpc) is 3.48. The number of halogens is 3. The van der Waals surface area contributed by atoms with E-state index in [9.17, 15) is 18.0 Å². The Morgan fingerprint density at radius 2 is 1.72 bits per heavy atom. The molecule has 6 aromatic rings. The molecule has 0 atom stereocenters. The Hall–Kier alpha value is -5.58. The number of nitrogens with one attached hydrogen (secondary N) is 2. The topological polar surface area (TPSA) is 99.7 Å². The summed E-state index contributed by atoms with van der Waals surface area (Å²) < 4.78 is 37.7. The quantitative estimate of drug-likeness (QED) is 0.185. The predicted molar refractivity (Wildman–Crippen MR) is 159 cm³/mol. The summed E-state index contributed by atoms with van der Waals surface area (Å²) in [6.07, 6.45) is 1.87. The summed E-state index contributed by atoms with van der Waals surface area (Å²) in [6, 6.07) is 25.7. The highest BCUT2D eigenvalue weighted by Crippen LogP contribution is 2.40. The number of aromatic nitrogens is 5. The standard InChI is InChI=1S/C32H24F3N7O/c33-32(34,35)15-14-30(43)40-29-17-25-27(19-36-29)37-20-38-31(25)42(24-12-13-26-23(16-24)18-39-41-26)28-9-5-4-8-22(28)11-10-21-6-2-1-3-7-21/h1-9,12-20H,10-11H2,(H,39,41)(H,36,40,43). The third-order valence-electron chi connectivity index (χ3n) is 6.83. The first-order valence-electron chi connectivity index (χ1n) is 13.4. The van der Waals surface area contributed by atoms with Gasteiger partial charge in [0.2, 0.25) is 5.91 Å². The van der Waals surface area contributed by atoms with Crippen LogP contribution in [0.4, 0.5) is 36.2 Å². The minimum Gasteiger partial charge on any atom is -0.307 e. The van der Waals surface area contributed by atoms with Gasteiger partial charge in [0.1, 0.15) is 18.0 Å². The van der Waals surface area contributed by atoms with Gasteiger partial charge in [-0.3, -0.25) is 14.8 Å². The molecule has 3 heterocycles. The second kappa shape index (κ2) is 11.7. The lowest BCUT2D eigenvalue weighted by Gasteiger charge is -2.27. The Kier molecular flexibility index (Phi) is 7.52. The molecular formula is C32H24F3N7O. The Labute approximate surface area is 243 Å². The second-order valence-corrected chi connectivity index (χ2v) is 9.74. The van der Waals surface area contributed by atoms with Gasteiger partial charge in [-0.2, -0.15) is 18.3 Å². The zero-order valence-corrected chi connectivity index (χ0v) is 22.6. The maximum Gasteiger partial charge on any atom is 0.409 e. The lowest BCUT2D eigenvalue weighted by Crippen LogP contribution is -2.15. The van der Waals surface area contributed by atoms with E-state index < -0.39 is 12.1 Å². The zero-order valence-electron chi connectivity index (χ0n) is 22.6. The van der Waals surface area contributed by atoms with Crippen molar-refractivity contribution < 1.29 is 18.0 Å². The van der Waals surface area contributed by atoms with Gasteiger partial charge in [0.05, 0.1) is 29.1 Å². The lowest BCUT2D eigenvalue weighted by atomic mass is 10.0. The van der Waals surface area contributed by atoms with Crippen LogP contribution in [0.5, 0.6) is 0 Å². The SMILES string of the molecule is O=C(C=CC(F)(F)F)Nc1cc2c(N(c3ccc4[nH]ncc4c3)c3ccccc3CCc3ccccc3)ncnc2cn1. The normalized spacial score (nSPS) is 11.8. The molecule has 0 fully saturated rings. The van der Waals surface area contributed by atoms with Gasteiger partial charge in [-0.15, -0.1) is 0 Å². The van der Waals surface area contributed by atoms with E-state index in [1.807, 2.05) is 59.5 Å². The molecule has 3 aromatic carbocycles. The number of aryl methyl sites for hydroxylation is 2.